The molecule has 1 aliphatic rings. The topological polar surface area (TPSA) is 91.9 Å². The van der Waals surface area contributed by atoms with Crippen LogP contribution < -0.4 is 4.90 Å². The van der Waals surface area contributed by atoms with Gasteiger partial charge in [0.25, 0.3) is 0 Å². The Balaban J connectivity index is 1.34. The molecule has 0 aromatic heterocycles. The highest BCUT2D eigenvalue weighted by Gasteiger charge is 2.25. The first kappa shape index (κ1) is 34.8. The van der Waals surface area contributed by atoms with Gasteiger partial charge in [-0.1, -0.05) is 109 Å². The summed E-state index contributed by atoms with van der Waals surface area (Å²) in [5, 5.41) is 0. The molecule has 1 heterocycles. The lowest BCUT2D eigenvalue weighted by atomic mass is 10.2. The van der Waals surface area contributed by atoms with Gasteiger partial charge in [-0.05, 0) is 35.7 Å². The van der Waals surface area contributed by atoms with Gasteiger partial charge in [-0.3, -0.25) is 0 Å². The molecule has 1 aliphatic heterocycles. The molecule has 3 amide bonds. The first-order chi connectivity index (χ1) is 23.9. The fourth-order valence-electron chi connectivity index (χ4n) is 5.41. The molecular weight excluding hydrogens is 620 g/mol. The molecule has 0 N–H and O–H groups in total. The van der Waals surface area contributed by atoms with Gasteiger partial charge in [-0.15, -0.1) is 0 Å². The fraction of sp³-hybridized carbons (Fsp3) is 0.308. The van der Waals surface area contributed by atoms with E-state index in [9.17, 15) is 14.4 Å². The number of anilines is 1. The second kappa shape index (κ2) is 18.1. The number of nitrogens with zero attached hydrogens (tertiary/aromatic N) is 4. The normalized spacial score (nSPS) is 14.3. The molecule has 1 saturated heterocycles. The molecule has 5 rings (SSSR count). The average molecular weight is 665 g/mol. The number of benzene rings is 4. The number of rotatable bonds is 7. The van der Waals surface area contributed by atoms with Crippen LogP contribution in [0.1, 0.15) is 22.3 Å². The van der Waals surface area contributed by atoms with Gasteiger partial charge >= 0.3 is 18.3 Å². The summed E-state index contributed by atoms with van der Waals surface area (Å²) in [6.07, 6.45) is -1.46. The molecule has 256 valence electrons. The molecule has 0 unspecified atom stereocenters. The number of carbonyl (C=O) groups is 3. The van der Waals surface area contributed by atoms with Crippen molar-refractivity contribution in [1.29, 1.82) is 0 Å². The second-order valence-corrected chi connectivity index (χ2v) is 11.9. The Hall–Kier alpha value is -5.51. The Kier molecular flexibility index (Phi) is 12.9. The second-order valence-electron chi connectivity index (χ2n) is 11.9. The van der Waals surface area contributed by atoms with Gasteiger partial charge in [0.2, 0.25) is 0 Å². The van der Waals surface area contributed by atoms with Crippen molar-refractivity contribution in [2.24, 2.45) is 0 Å². The minimum Gasteiger partial charge on any atom is -0.445 e. The number of carbonyl (C=O) groups excluding carboxylic acids is 3. The zero-order valence-corrected chi connectivity index (χ0v) is 28.0. The molecule has 0 radical (unpaired) electrons. The van der Waals surface area contributed by atoms with Gasteiger partial charge in [0.15, 0.2) is 0 Å². The molecule has 1 fully saturated rings. The van der Waals surface area contributed by atoms with Gasteiger partial charge in [-0.2, -0.15) is 0 Å². The Morgan fingerprint density at radius 2 is 0.755 bits per heavy atom. The van der Waals surface area contributed by atoms with E-state index in [0.717, 1.165) is 27.9 Å². The largest absolute Gasteiger partial charge is 0.445 e. The van der Waals surface area contributed by atoms with Gasteiger partial charge in [0.1, 0.15) is 19.8 Å². The van der Waals surface area contributed by atoms with E-state index in [-0.39, 0.29) is 46.0 Å². The molecule has 4 aromatic carbocycles. The monoisotopic (exact) mass is 664 g/mol. The zero-order chi connectivity index (χ0) is 34.3. The van der Waals surface area contributed by atoms with E-state index in [1.54, 1.807) is 9.80 Å². The van der Waals surface area contributed by atoms with Gasteiger partial charge in [-0.25, -0.2) is 14.4 Å². The van der Waals surface area contributed by atoms with Crippen LogP contribution in [0.3, 0.4) is 0 Å². The molecule has 10 heteroatoms. The van der Waals surface area contributed by atoms with Crippen LogP contribution >= 0.6 is 0 Å². The molecule has 49 heavy (non-hydrogen) atoms. The summed E-state index contributed by atoms with van der Waals surface area (Å²) in [6, 6.07) is 36.7. The van der Waals surface area contributed by atoms with E-state index < -0.39 is 18.3 Å². The Labute approximate surface area is 288 Å². The van der Waals surface area contributed by atoms with Gasteiger partial charge < -0.3 is 33.8 Å². The summed E-state index contributed by atoms with van der Waals surface area (Å²) in [4.78, 5) is 47.4. The molecular formula is C39H44N4O6. The molecule has 0 bridgehead atoms. The van der Waals surface area contributed by atoms with Crippen molar-refractivity contribution in [3.63, 3.8) is 0 Å². The highest BCUT2D eigenvalue weighted by atomic mass is 16.6. The minimum absolute atomic E-state index is 0.105. The summed E-state index contributed by atoms with van der Waals surface area (Å²) in [5.74, 6) is 0. The third-order valence-electron chi connectivity index (χ3n) is 8.35. The standard InChI is InChI=1S/C39H44N4O6/c1-32-17-19-36(20-18-32)40-21-23-41(37(44)47-29-33-11-5-2-6-12-33)25-27-43(39(46)49-31-35-15-9-4-10-16-35)28-26-42(24-22-40)38(45)48-30-34-13-7-3-8-14-34/h2-20H,21-31H2,1H3. The summed E-state index contributed by atoms with van der Waals surface area (Å²) < 4.78 is 17.1. The SMILES string of the molecule is Cc1ccc(N2CCN(C(=O)OCc3ccccc3)CCN(C(=O)OCc3ccccc3)CCN(C(=O)OCc3ccccc3)CC2)cc1. The van der Waals surface area contributed by atoms with Gasteiger partial charge in [0.05, 0.1) is 0 Å². The highest BCUT2D eigenvalue weighted by Crippen LogP contribution is 2.17. The average Bonchev–Trinajstić information content (AvgIpc) is 3.14. The molecule has 0 saturated carbocycles. The highest BCUT2D eigenvalue weighted by molar-refractivity contribution is 5.70. The van der Waals surface area contributed by atoms with E-state index in [1.165, 1.54) is 4.90 Å². The van der Waals surface area contributed by atoms with Crippen LogP contribution in [0.25, 0.3) is 0 Å². The lowest BCUT2D eigenvalue weighted by Crippen LogP contribution is -2.50. The predicted molar refractivity (Wildman–Crippen MR) is 188 cm³/mol. The maximum atomic E-state index is 13.5. The third kappa shape index (κ3) is 11.0. The van der Waals surface area contributed by atoms with E-state index in [4.69, 9.17) is 14.2 Å². The molecule has 0 atom stereocenters. The minimum atomic E-state index is -0.530. The molecule has 10 nitrogen and oxygen atoms in total. The summed E-state index contributed by atoms with van der Waals surface area (Å²) in [7, 11) is 0. The first-order valence-electron chi connectivity index (χ1n) is 16.6. The summed E-state index contributed by atoms with van der Waals surface area (Å²) >= 11 is 0. The van der Waals surface area contributed by atoms with Crippen molar-refractivity contribution in [2.75, 3.05) is 57.3 Å². The molecule has 4 aromatic rings. The third-order valence-corrected chi connectivity index (χ3v) is 8.35. The fourth-order valence-corrected chi connectivity index (χ4v) is 5.41. The van der Waals surface area contributed by atoms with Crippen molar-refractivity contribution in [2.45, 2.75) is 26.7 Å². The predicted octanol–water partition coefficient (Wildman–Crippen LogP) is 6.73. The van der Waals surface area contributed by atoms with E-state index in [0.29, 0.717) is 26.2 Å². The molecule has 0 aliphatic carbocycles. The van der Waals surface area contributed by atoms with Crippen LogP contribution in [0.4, 0.5) is 20.1 Å². The lowest BCUT2D eigenvalue weighted by Gasteiger charge is -2.34. The quantitative estimate of drug-likeness (QED) is 0.202. The van der Waals surface area contributed by atoms with Crippen LogP contribution in [0, 0.1) is 6.92 Å². The number of hydrogen-bond acceptors (Lipinski definition) is 7. The maximum absolute atomic E-state index is 13.5. The van der Waals surface area contributed by atoms with Crippen molar-refractivity contribution in [3.8, 4) is 0 Å². The number of ether oxygens (including phenoxy) is 3. The molecule has 0 spiro atoms. The van der Waals surface area contributed by atoms with E-state index in [2.05, 4.69) is 4.90 Å². The van der Waals surface area contributed by atoms with Crippen LogP contribution in [0.5, 0.6) is 0 Å². The lowest BCUT2D eigenvalue weighted by molar-refractivity contribution is 0.0694. The number of amides is 3. The van der Waals surface area contributed by atoms with Crippen LogP contribution in [-0.4, -0.2) is 85.3 Å². The summed E-state index contributed by atoms with van der Waals surface area (Å²) in [6.45, 7) is 4.86. The Bertz CT molecular complexity index is 1530. The number of aryl methyl sites for hydroxylation is 1. The van der Waals surface area contributed by atoms with Crippen molar-refractivity contribution < 1.29 is 28.6 Å². The van der Waals surface area contributed by atoms with E-state index >= 15 is 0 Å². The Morgan fingerprint density at radius 1 is 0.449 bits per heavy atom. The Morgan fingerprint density at radius 3 is 1.08 bits per heavy atom. The maximum Gasteiger partial charge on any atom is 0.410 e. The first-order valence-corrected chi connectivity index (χ1v) is 16.6. The van der Waals surface area contributed by atoms with Crippen LogP contribution in [0.2, 0.25) is 0 Å². The van der Waals surface area contributed by atoms with Crippen molar-refractivity contribution >= 4 is 24.0 Å². The number of hydrogen-bond donors (Lipinski definition) is 0. The van der Waals surface area contributed by atoms with Crippen molar-refractivity contribution in [1.82, 2.24) is 14.7 Å². The van der Waals surface area contributed by atoms with Crippen molar-refractivity contribution in [3.05, 3.63) is 138 Å². The van der Waals surface area contributed by atoms with Gasteiger partial charge in [0, 0.05) is 58.0 Å². The van der Waals surface area contributed by atoms with Crippen LogP contribution in [0.15, 0.2) is 115 Å². The van der Waals surface area contributed by atoms with E-state index in [1.807, 2.05) is 122 Å². The smallest absolute Gasteiger partial charge is 0.410 e. The zero-order valence-electron chi connectivity index (χ0n) is 28.0. The summed E-state index contributed by atoms with van der Waals surface area (Å²) in [5.41, 5.74) is 4.74. The van der Waals surface area contributed by atoms with Crippen LogP contribution in [-0.2, 0) is 34.0 Å².